The molecule has 0 aliphatic carbocycles. The number of aromatic nitrogens is 2. The standard InChI is InChI=1S/C20H22N4O2/c1-23(20(25)21-12-16-7-6-10-19(11-16)26-2)14-17-13-22-24(15-17)18-8-4-3-5-9-18/h3-11,13,15H,12,14H2,1-2H3,(H,21,25). The number of para-hydroxylation sites is 1. The highest BCUT2D eigenvalue weighted by molar-refractivity contribution is 5.73. The van der Waals surface area contributed by atoms with Gasteiger partial charge in [-0.2, -0.15) is 5.10 Å². The quantitative estimate of drug-likeness (QED) is 0.742. The zero-order valence-corrected chi connectivity index (χ0v) is 14.9. The van der Waals surface area contributed by atoms with Crippen LogP contribution in [0.25, 0.3) is 5.69 Å². The maximum atomic E-state index is 12.3. The zero-order valence-electron chi connectivity index (χ0n) is 14.9. The average Bonchev–Trinajstić information content (AvgIpc) is 3.15. The lowest BCUT2D eigenvalue weighted by Gasteiger charge is -2.17. The molecule has 1 aromatic heterocycles. The van der Waals surface area contributed by atoms with Crippen LogP contribution in [0.4, 0.5) is 4.79 Å². The van der Waals surface area contributed by atoms with Gasteiger partial charge in [-0.3, -0.25) is 0 Å². The van der Waals surface area contributed by atoms with Gasteiger partial charge >= 0.3 is 6.03 Å². The number of nitrogens with zero attached hydrogens (tertiary/aromatic N) is 3. The van der Waals surface area contributed by atoms with Crippen LogP contribution >= 0.6 is 0 Å². The lowest BCUT2D eigenvalue weighted by Crippen LogP contribution is -2.36. The maximum Gasteiger partial charge on any atom is 0.317 e. The molecule has 0 aliphatic rings. The molecule has 1 heterocycles. The number of hydrogen-bond acceptors (Lipinski definition) is 3. The predicted molar refractivity (Wildman–Crippen MR) is 100 cm³/mol. The monoisotopic (exact) mass is 350 g/mol. The highest BCUT2D eigenvalue weighted by Gasteiger charge is 2.10. The molecule has 6 heteroatoms. The molecule has 0 saturated carbocycles. The summed E-state index contributed by atoms with van der Waals surface area (Å²) in [5, 5.41) is 7.27. The van der Waals surface area contributed by atoms with Gasteiger partial charge in [0, 0.05) is 25.4 Å². The van der Waals surface area contributed by atoms with Gasteiger partial charge in [-0.1, -0.05) is 30.3 Å². The normalized spacial score (nSPS) is 10.4. The van der Waals surface area contributed by atoms with E-state index in [-0.39, 0.29) is 6.03 Å². The van der Waals surface area contributed by atoms with Gasteiger partial charge in [-0.25, -0.2) is 9.48 Å². The van der Waals surface area contributed by atoms with E-state index in [4.69, 9.17) is 4.74 Å². The molecule has 1 N–H and O–H groups in total. The van der Waals surface area contributed by atoms with Crippen molar-refractivity contribution in [3.63, 3.8) is 0 Å². The third-order valence-electron chi connectivity index (χ3n) is 4.00. The average molecular weight is 350 g/mol. The lowest BCUT2D eigenvalue weighted by atomic mass is 10.2. The summed E-state index contributed by atoms with van der Waals surface area (Å²) in [6.45, 7) is 0.931. The molecule has 26 heavy (non-hydrogen) atoms. The molecular formula is C20H22N4O2. The molecule has 0 saturated heterocycles. The van der Waals surface area contributed by atoms with Gasteiger partial charge in [-0.05, 0) is 29.8 Å². The Morgan fingerprint density at radius 2 is 1.96 bits per heavy atom. The Morgan fingerprint density at radius 1 is 1.15 bits per heavy atom. The minimum atomic E-state index is -0.139. The molecule has 2 amide bonds. The zero-order chi connectivity index (χ0) is 18.4. The van der Waals surface area contributed by atoms with Gasteiger partial charge in [0.25, 0.3) is 0 Å². The van der Waals surface area contributed by atoms with Crippen molar-refractivity contribution in [3.05, 3.63) is 78.1 Å². The van der Waals surface area contributed by atoms with Crippen LogP contribution in [0, 0.1) is 0 Å². The van der Waals surface area contributed by atoms with Crippen LogP contribution in [-0.2, 0) is 13.1 Å². The molecule has 0 atom stereocenters. The Bertz CT molecular complexity index is 861. The van der Waals surface area contributed by atoms with Crippen LogP contribution in [-0.4, -0.2) is 34.9 Å². The van der Waals surface area contributed by atoms with Gasteiger partial charge in [0.15, 0.2) is 0 Å². The smallest absolute Gasteiger partial charge is 0.317 e. The number of benzene rings is 2. The minimum absolute atomic E-state index is 0.139. The van der Waals surface area contributed by atoms with Gasteiger partial charge < -0.3 is 15.0 Å². The molecule has 0 fully saturated rings. The van der Waals surface area contributed by atoms with Crippen molar-refractivity contribution in [2.45, 2.75) is 13.1 Å². The van der Waals surface area contributed by atoms with E-state index in [1.807, 2.05) is 60.8 Å². The summed E-state index contributed by atoms with van der Waals surface area (Å²) in [6.07, 6.45) is 3.71. The number of methoxy groups -OCH3 is 1. The van der Waals surface area contributed by atoms with Crippen molar-refractivity contribution >= 4 is 6.03 Å². The van der Waals surface area contributed by atoms with Crippen LogP contribution in [0.15, 0.2) is 67.0 Å². The molecule has 0 bridgehead atoms. The van der Waals surface area contributed by atoms with E-state index in [1.54, 1.807) is 29.9 Å². The molecular weight excluding hydrogens is 328 g/mol. The number of hydrogen-bond donors (Lipinski definition) is 1. The fraction of sp³-hybridized carbons (Fsp3) is 0.200. The minimum Gasteiger partial charge on any atom is -0.497 e. The SMILES string of the molecule is COc1cccc(CNC(=O)N(C)Cc2cnn(-c3ccccc3)c2)c1. The number of ether oxygens (including phenoxy) is 1. The number of rotatable bonds is 6. The Labute approximate surface area is 153 Å². The summed E-state index contributed by atoms with van der Waals surface area (Å²) in [6, 6.07) is 17.4. The Balaban J connectivity index is 1.55. The first-order valence-corrected chi connectivity index (χ1v) is 8.36. The Hall–Kier alpha value is -3.28. The molecule has 3 rings (SSSR count). The molecule has 2 aromatic carbocycles. The molecule has 6 nitrogen and oxygen atoms in total. The highest BCUT2D eigenvalue weighted by atomic mass is 16.5. The summed E-state index contributed by atoms with van der Waals surface area (Å²) in [5.74, 6) is 0.776. The number of carbonyl (C=O) groups is 1. The molecule has 0 spiro atoms. The first kappa shape index (κ1) is 17.5. The van der Waals surface area contributed by atoms with E-state index < -0.39 is 0 Å². The Morgan fingerprint density at radius 3 is 2.73 bits per heavy atom. The lowest BCUT2D eigenvalue weighted by molar-refractivity contribution is 0.206. The van der Waals surface area contributed by atoms with Gasteiger partial charge in [0.05, 0.1) is 25.5 Å². The number of amides is 2. The van der Waals surface area contributed by atoms with Crippen LogP contribution in [0.3, 0.4) is 0 Å². The second-order valence-corrected chi connectivity index (χ2v) is 5.99. The molecule has 0 unspecified atom stereocenters. The third-order valence-corrected chi connectivity index (χ3v) is 4.00. The van der Waals surface area contributed by atoms with Crippen molar-refractivity contribution in [2.24, 2.45) is 0 Å². The number of carbonyl (C=O) groups excluding carboxylic acids is 1. The largest absolute Gasteiger partial charge is 0.497 e. The molecule has 0 aliphatic heterocycles. The highest BCUT2D eigenvalue weighted by Crippen LogP contribution is 2.12. The van der Waals surface area contributed by atoms with Gasteiger partial charge in [-0.15, -0.1) is 0 Å². The maximum absolute atomic E-state index is 12.3. The van der Waals surface area contributed by atoms with E-state index in [0.29, 0.717) is 13.1 Å². The van der Waals surface area contributed by atoms with Gasteiger partial charge in [0.2, 0.25) is 0 Å². The van der Waals surface area contributed by atoms with Crippen molar-refractivity contribution in [2.75, 3.05) is 14.2 Å². The van der Waals surface area contributed by atoms with E-state index >= 15 is 0 Å². The summed E-state index contributed by atoms with van der Waals surface area (Å²) in [7, 11) is 3.39. The first-order valence-electron chi connectivity index (χ1n) is 8.36. The molecule has 134 valence electrons. The van der Waals surface area contributed by atoms with Gasteiger partial charge in [0.1, 0.15) is 5.75 Å². The topological polar surface area (TPSA) is 59.4 Å². The Kier molecular flexibility index (Phi) is 5.53. The second kappa shape index (κ2) is 8.20. The van der Waals surface area contributed by atoms with E-state index in [9.17, 15) is 4.79 Å². The summed E-state index contributed by atoms with van der Waals surface area (Å²) in [5.41, 5.74) is 2.94. The van der Waals surface area contributed by atoms with E-state index in [1.165, 1.54) is 0 Å². The van der Waals surface area contributed by atoms with Crippen LogP contribution in [0.5, 0.6) is 5.75 Å². The predicted octanol–water partition coefficient (Wildman–Crippen LogP) is 3.22. The molecule has 0 radical (unpaired) electrons. The number of nitrogens with one attached hydrogen (secondary N) is 1. The van der Waals surface area contributed by atoms with Crippen LogP contribution in [0.1, 0.15) is 11.1 Å². The van der Waals surface area contributed by atoms with Crippen molar-refractivity contribution in [3.8, 4) is 11.4 Å². The first-order chi connectivity index (χ1) is 12.7. The summed E-state index contributed by atoms with van der Waals surface area (Å²) in [4.78, 5) is 13.9. The summed E-state index contributed by atoms with van der Waals surface area (Å²) < 4.78 is 7.00. The summed E-state index contributed by atoms with van der Waals surface area (Å²) >= 11 is 0. The van der Waals surface area contributed by atoms with E-state index in [2.05, 4.69) is 10.4 Å². The van der Waals surface area contributed by atoms with Crippen molar-refractivity contribution in [1.82, 2.24) is 20.0 Å². The fourth-order valence-corrected chi connectivity index (χ4v) is 2.60. The van der Waals surface area contributed by atoms with Crippen LogP contribution < -0.4 is 10.1 Å². The number of urea groups is 1. The van der Waals surface area contributed by atoms with Crippen LogP contribution in [0.2, 0.25) is 0 Å². The second-order valence-electron chi connectivity index (χ2n) is 5.99. The van der Waals surface area contributed by atoms with E-state index in [0.717, 1.165) is 22.6 Å². The van der Waals surface area contributed by atoms with Crippen molar-refractivity contribution in [1.29, 1.82) is 0 Å². The van der Waals surface area contributed by atoms with Crippen molar-refractivity contribution < 1.29 is 9.53 Å². The third kappa shape index (κ3) is 4.42. The molecule has 3 aromatic rings. The fourth-order valence-electron chi connectivity index (χ4n) is 2.60.